The van der Waals surface area contributed by atoms with Crippen molar-refractivity contribution in [3.8, 4) is 0 Å². The molecule has 1 amide bonds. The normalized spacial score (nSPS) is 24.6. The minimum Gasteiger partial charge on any atom is -0.326 e. The molecule has 1 aliphatic rings. The van der Waals surface area contributed by atoms with E-state index in [9.17, 15) is 4.79 Å². The molecule has 0 spiro atoms. The molecule has 1 aliphatic heterocycles. The van der Waals surface area contributed by atoms with Crippen LogP contribution < -0.4 is 5.32 Å². The average Bonchev–Trinajstić information content (AvgIpc) is 2.57. The van der Waals surface area contributed by atoms with Gasteiger partial charge in [0, 0.05) is 6.54 Å². The van der Waals surface area contributed by atoms with Gasteiger partial charge in [-0.25, -0.2) is 0 Å². The Hall–Kier alpha value is -0.220. The van der Waals surface area contributed by atoms with Gasteiger partial charge in [0.1, 0.15) is 0 Å². The second-order valence-corrected chi connectivity index (χ2v) is 6.90. The van der Waals surface area contributed by atoms with Crippen molar-refractivity contribution >= 4 is 17.7 Å². The highest BCUT2D eigenvalue weighted by atomic mass is 32.2. The Morgan fingerprint density at radius 2 is 2.00 bits per heavy atom. The van der Waals surface area contributed by atoms with E-state index in [0.29, 0.717) is 17.7 Å². The standard InChI is InChI=1S/C14H28N2OS/c1-10(2)9-12-14(17)16(7-6-8-18-5)13(15-12)11(3)4/h10-13,15H,6-9H2,1-5H3. The molecule has 2 atom stereocenters. The second kappa shape index (κ2) is 7.39. The van der Waals surface area contributed by atoms with Gasteiger partial charge in [-0.05, 0) is 36.7 Å². The van der Waals surface area contributed by atoms with Crippen LogP contribution >= 0.6 is 11.8 Å². The fourth-order valence-corrected chi connectivity index (χ4v) is 2.94. The van der Waals surface area contributed by atoms with E-state index < -0.39 is 0 Å². The summed E-state index contributed by atoms with van der Waals surface area (Å²) in [6, 6.07) is 0.0340. The zero-order chi connectivity index (χ0) is 13.7. The van der Waals surface area contributed by atoms with Crippen molar-refractivity contribution in [3.63, 3.8) is 0 Å². The van der Waals surface area contributed by atoms with Crippen molar-refractivity contribution in [2.75, 3.05) is 18.6 Å². The Bertz CT molecular complexity index is 269. The first-order valence-electron chi connectivity index (χ1n) is 7.02. The summed E-state index contributed by atoms with van der Waals surface area (Å²) in [5.74, 6) is 2.47. The van der Waals surface area contributed by atoms with Crippen molar-refractivity contribution in [2.45, 2.75) is 52.7 Å². The fourth-order valence-electron chi connectivity index (χ4n) is 2.53. The molecule has 1 rings (SSSR count). The number of rotatable bonds is 7. The third kappa shape index (κ3) is 4.16. The van der Waals surface area contributed by atoms with Gasteiger partial charge in [0.25, 0.3) is 0 Å². The third-order valence-electron chi connectivity index (χ3n) is 3.37. The van der Waals surface area contributed by atoms with Crippen molar-refractivity contribution in [1.82, 2.24) is 10.2 Å². The van der Waals surface area contributed by atoms with Gasteiger partial charge in [-0.2, -0.15) is 11.8 Å². The number of hydrogen-bond donors (Lipinski definition) is 1. The predicted octanol–water partition coefficient (Wildman–Crippen LogP) is 2.57. The zero-order valence-corrected chi connectivity index (χ0v) is 13.2. The number of hydrogen-bond acceptors (Lipinski definition) is 3. The molecule has 0 radical (unpaired) electrons. The van der Waals surface area contributed by atoms with Crippen LogP contribution in [0, 0.1) is 11.8 Å². The van der Waals surface area contributed by atoms with E-state index in [2.05, 4.69) is 44.2 Å². The topological polar surface area (TPSA) is 32.3 Å². The maximum absolute atomic E-state index is 12.4. The molecule has 1 saturated heterocycles. The SMILES string of the molecule is CSCCCN1C(=O)C(CC(C)C)NC1C(C)C. The lowest BCUT2D eigenvalue weighted by Gasteiger charge is -2.27. The summed E-state index contributed by atoms with van der Waals surface area (Å²) >= 11 is 1.85. The molecule has 1 fully saturated rings. The molecular weight excluding hydrogens is 244 g/mol. The van der Waals surface area contributed by atoms with Crippen LogP contribution in [0.1, 0.15) is 40.5 Å². The van der Waals surface area contributed by atoms with Gasteiger partial charge in [0.15, 0.2) is 0 Å². The Kier molecular flexibility index (Phi) is 6.50. The third-order valence-corrected chi connectivity index (χ3v) is 4.07. The Labute approximate surface area is 116 Å². The van der Waals surface area contributed by atoms with Crippen LogP contribution in [0.25, 0.3) is 0 Å². The van der Waals surface area contributed by atoms with E-state index in [-0.39, 0.29) is 12.2 Å². The van der Waals surface area contributed by atoms with E-state index >= 15 is 0 Å². The molecule has 0 aromatic carbocycles. The molecule has 1 N–H and O–H groups in total. The Balaban J connectivity index is 2.62. The number of carbonyl (C=O) groups excluding carboxylic acids is 1. The van der Waals surface area contributed by atoms with Crippen LogP contribution in [-0.4, -0.2) is 41.6 Å². The van der Waals surface area contributed by atoms with Gasteiger partial charge in [0.05, 0.1) is 12.2 Å². The molecule has 3 nitrogen and oxygen atoms in total. The Morgan fingerprint density at radius 3 is 2.50 bits per heavy atom. The molecule has 18 heavy (non-hydrogen) atoms. The minimum absolute atomic E-state index is 0.0340. The van der Waals surface area contributed by atoms with Crippen LogP contribution in [-0.2, 0) is 4.79 Å². The van der Waals surface area contributed by atoms with E-state index in [1.807, 2.05) is 11.8 Å². The maximum atomic E-state index is 12.4. The molecule has 0 saturated carbocycles. The molecular formula is C14H28N2OS. The molecule has 4 heteroatoms. The van der Waals surface area contributed by atoms with Gasteiger partial charge in [0.2, 0.25) is 5.91 Å². The molecule has 0 aromatic rings. The van der Waals surface area contributed by atoms with Gasteiger partial charge < -0.3 is 4.90 Å². The molecule has 1 heterocycles. The lowest BCUT2D eigenvalue weighted by Crippen LogP contribution is -2.42. The number of thioether (sulfide) groups is 1. The van der Waals surface area contributed by atoms with Gasteiger partial charge >= 0.3 is 0 Å². The first-order chi connectivity index (χ1) is 8.47. The molecule has 106 valence electrons. The minimum atomic E-state index is 0.0340. The average molecular weight is 272 g/mol. The number of amides is 1. The van der Waals surface area contributed by atoms with Crippen molar-refractivity contribution < 1.29 is 4.79 Å². The summed E-state index contributed by atoms with van der Waals surface area (Å²) in [5, 5.41) is 3.52. The fraction of sp³-hybridized carbons (Fsp3) is 0.929. The quantitative estimate of drug-likeness (QED) is 0.723. The van der Waals surface area contributed by atoms with Crippen LogP contribution in [0.4, 0.5) is 0 Å². The van der Waals surface area contributed by atoms with Gasteiger partial charge in [-0.15, -0.1) is 0 Å². The summed E-state index contributed by atoms with van der Waals surface area (Å²) in [7, 11) is 0. The van der Waals surface area contributed by atoms with Crippen LogP contribution in [0.5, 0.6) is 0 Å². The molecule has 0 aromatic heterocycles. The van der Waals surface area contributed by atoms with Crippen LogP contribution in [0.2, 0.25) is 0 Å². The summed E-state index contributed by atoms with van der Waals surface area (Å²) in [4.78, 5) is 14.5. The second-order valence-electron chi connectivity index (χ2n) is 5.92. The van der Waals surface area contributed by atoms with Crippen molar-refractivity contribution in [3.05, 3.63) is 0 Å². The number of nitrogens with one attached hydrogen (secondary N) is 1. The molecule has 0 bridgehead atoms. The number of nitrogens with zero attached hydrogens (tertiary/aromatic N) is 1. The van der Waals surface area contributed by atoms with Crippen molar-refractivity contribution in [1.29, 1.82) is 0 Å². The zero-order valence-electron chi connectivity index (χ0n) is 12.4. The summed E-state index contributed by atoms with van der Waals surface area (Å²) < 4.78 is 0. The number of carbonyl (C=O) groups is 1. The predicted molar refractivity (Wildman–Crippen MR) is 79.7 cm³/mol. The summed E-state index contributed by atoms with van der Waals surface area (Å²) in [5.41, 5.74) is 0. The van der Waals surface area contributed by atoms with E-state index in [0.717, 1.165) is 25.1 Å². The first-order valence-corrected chi connectivity index (χ1v) is 8.42. The van der Waals surface area contributed by atoms with E-state index in [1.54, 1.807) is 0 Å². The Morgan fingerprint density at radius 1 is 1.33 bits per heavy atom. The highest BCUT2D eigenvalue weighted by Crippen LogP contribution is 2.22. The largest absolute Gasteiger partial charge is 0.326 e. The summed E-state index contributed by atoms with van der Waals surface area (Å²) in [6.07, 6.45) is 4.38. The monoisotopic (exact) mass is 272 g/mol. The summed E-state index contributed by atoms with van der Waals surface area (Å²) in [6.45, 7) is 9.62. The van der Waals surface area contributed by atoms with Crippen LogP contribution in [0.3, 0.4) is 0 Å². The van der Waals surface area contributed by atoms with Crippen molar-refractivity contribution in [2.24, 2.45) is 11.8 Å². The van der Waals surface area contributed by atoms with Gasteiger partial charge in [-0.1, -0.05) is 27.7 Å². The highest BCUT2D eigenvalue weighted by Gasteiger charge is 2.39. The molecule has 2 unspecified atom stereocenters. The van der Waals surface area contributed by atoms with Gasteiger partial charge in [-0.3, -0.25) is 10.1 Å². The first kappa shape index (κ1) is 15.8. The maximum Gasteiger partial charge on any atom is 0.241 e. The van der Waals surface area contributed by atoms with E-state index in [1.165, 1.54) is 0 Å². The van der Waals surface area contributed by atoms with Crippen LogP contribution in [0.15, 0.2) is 0 Å². The lowest BCUT2D eigenvalue weighted by atomic mass is 10.0. The highest BCUT2D eigenvalue weighted by molar-refractivity contribution is 7.98. The smallest absolute Gasteiger partial charge is 0.241 e. The lowest BCUT2D eigenvalue weighted by molar-refractivity contribution is -0.130. The van der Waals surface area contributed by atoms with E-state index in [4.69, 9.17) is 0 Å². The molecule has 0 aliphatic carbocycles.